The Morgan fingerprint density at radius 1 is 1.60 bits per heavy atom. The van der Waals surface area contributed by atoms with Crippen LogP contribution in [0.15, 0.2) is 0 Å². The van der Waals surface area contributed by atoms with Gasteiger partial charge >= 0.3 is 0 Å². The molecule has 86 valence electrons. The summed E-state index contributed by atoms with van der Waals surface area (Å²) >= 11 is 0. The fourth-order valence-corrected chi connectivity index (χ4v) is 2.21. The lowest BCUT2D eigenvalue weighted by atomic mass is 9.97. The molecule has 0 aromatic heterocycles. The van der Waals surface area contributed by atoms with E-state index in [0.29, 0.717) is 24.5 Å². The molecule has 3 nitrogen and oxygen atoms in total. The molecular formula is C12H23N3. The molecule has 1 N–H and O–H groups in total. The van der Waals surface area contributed by atoms with Crippen molar-refractivity contribution in [2.24, 2.45) is 0 Å². The second-order valence-electron chi connectivity index (χ2n) is 4.69. The van der Waals surface area contributed by atoms with E-state index < -0.39 is 0 Å². The van der Waals surface area contributed by atoms with Crippen molar-refractivity contribution in [1.29, 1.82) is 5.26 Å². The van der Waals surface area contributed by atoms with Crippen LogP contribution in [-0.4, -0.2) is 36.6 Å². The summed E-state index contributed by atoms with van der Waals surface area (Å²) < 4.78 is 0. The van der Waals surface area contributed by atoms with Gasteiger partial charge in [0.1, 0.15) is 0 Å². The van der Waals surface area contributed by atoms with Crippen molar-refractivity contribution in [3.63, 3.8) is 0 Å². The number of nitrogens with one attached hydrogen (secondary N) is 1. The van der Waals surface area contributed by atoms with Crippen LogP contribution in [0.4, 0.5) is 0 Å². The van der Waals surface area contributed by atoms with E-state index in [2.05, 4.69) is 37.2 Å². The largest absolute Gasteiger partial charge is 0.310 e. The van der Waals surface area contributed by atoms with E-state index in [4.69, 9.17) is 5.26 Å². The van der Waals surface area contributed by atoms with Crippen LogP contribution in [0.5, 0.6) is 0 Å². The third-order valence-corrected chi connectivity index (χ3v) is 3.51. The van der Waals surface area contributed by atoms with Crippen LogP contribution in [0.25, 0.3) is 0 Å². The molecule has 1 heterocycles. The van der Waals surface area contributed by atoms with Crippen LogP contribution < -0.4 is 5.32 Å². The Morgan fingerprint density at radius 3 is 2.87 bits per heavy atom. The van der Waals surface area contributed by atoms with E-state index in [1.807, 2.05) is 0 Å². The van der Waals surface area contributed by atoms with Crippen molar-refractivity contribution in [3.05, 3.63) is 0 Å². The van der Waals surface area contributed by atoms with Gasteiger partial charge in [0.05, 0.1) is 12.5 Å². The zero-order valence-corrected chi connectivity index (χ0v) is 10.2. The van der Waals surface area contributed by atoms with E-state index in [9.17, 15) is 0 Å². The number of rotatable bonds is 4. The third-order valence-electron chi connectivity index (χ3n) is 3.51. The molecule has 15 heavy (non-hydrogen) atoms. The molecule has 0 amide bonds. The number of piperidine rings is 1. The highest BCUT2D eigenvalue weighted by molar-refractivity contribution is 4.86. The van der Waals surface area contributed by atoms with Gasteiger partial charge in [-0.3, -0.25) is 0 Å². The van der Waals surface area contributed by atoms with E-state index in [1.165, 1.54) is 19.4 Å². The van der Waals surface area contributed by atoms with Crippen molar-refractivity contribution in [1.82, 2.24) is 10.2 Å². The molecule has 3 heteroatoms. The lowest BCUT2D eigenvalue weighted by Gasteiger charge is -2.36. The van der Waals surface area contributed by atoms with Gasteiger partial charge in [0.15, 0.2) is 0 Å². The first-order valence-electron chi connectivity index (χ1n) is 6.00. The minimum atomic E-state index is 0.385. The second kappa shape index (κ2) is 6.09. The Kier molecular flexibility index (Phi) is 5.07. The van der Waals surface area contributed by atoms with E-state index in [-0.39, 0.29) is 0 Å². The Labute approximate surface area is 93.5 Å². The number of nitrogens with zero attached hydrogens (tertiary/aromatic N) is 2. The first-order valence-corrected chi connectivity index (χ1v) is 6.00. The average molecular weight is 209 g/mol. The van der Waals surface area contributed by atoms with Crippen LogP contribution >= 0.6 is 0 Å². The summed E-state index contributed by atoms with van der Waals surface area (Å²) in [5.41, 5.74) is 0. The molecule has 0 bridgehead atoms. The first-order chi connectivity index (χ1) is 7.17. The summed E-state index contributed by atoms with van der Waals surface area (Å²) in [5, 5.41) is 12.3. The number of nitriles is 1. The molecule has 1 saturated heterocycles. The number of likely N-dealkylation sites (tertiary alicyclic amines) is 1. The molecule has 0 radical (unpaired) electrons. The van der Waals surface area contributed by atoms with Crippen LogP contribution in [0, 0.1) is 11.3 Å². The van der Waals surface area contributed by atoms with Crippen LogP contribution in [-0.2, 0) is 0 Å². The summed E-state index contributed by atoms with van der Waals surface area (Å²) in [6.45, 7) is 5.59. The van der Waals surface area contributed by atoms with E-state index in [1.54, 1.807) is 0 Å². The first kappa shape index (κ1) is 12.5. The molecule has 0 aromatic rings. The quantitative estimate of drug-likeness (QED) is 0.766. The van der Waals surface area contributed by atoms with Crippen molar-refractivity contribution in [2.45, 2.75) is 57.7 Å². The molecule has 3 atom stereocenters. The summed E-state index contributed by atoms with van der Waals surface area (Å²) in [5.74, 6) is 0. The van der Waals surface area contributed by atoms with E-state index in [0.717, 1.165) is 6.42 Å². The van der Waals surface area contributed by atoms with Gasteiger partial charge in [0.25, 0.3) is 0 Å². The maximum Gasteiger partial charge on any atom is 0.0638 e. The van der Waals surface area contributed by atoms with Crippen molar-refractivity contribution in [3.8, 4) is 6.07 Å². The predicted molar refractivity (Wildman–Crippen MR) is 62.6 cm³/mol. The summed E-state index contributed by atoms with van der Waals surface area (Å²) in [6.07, 6.45) is 4.10. The lowest BCUT2D eigenvalue weighted by molar-refractivity contribution is 0.162. The highest BCUT2D eigenvalue weighted by atomic mass is 15.1. The summed E-state index contributed by atoms with van der Waals surface area (Å²) in [6, 6.07) is 3.91. The molecule has 1 fully saturated rings. The highest BCUT2D eigenvalue weighted by Crippen LogP contribution is 2.16. The monoisotopic (exact) mass is 209 g/mol. The van der Waals surface area contributed by atoms with E-state index >= 15 is 0 Å². The normalized spacial score (nSPS) is 29.7. The zero-order chi connectivity index (χ0) is 11.3. The standard InChI is InChI=1S/C12H23N3/c1-4-11(5-7-13)14-12-6-8-15(3)10(2)9-12/h10-12,14H,4-6,8-9H2,1-3H3. The Hall–Kier alpha value is -0.590. The van der Waals surface area contributed by atoms with Crippen molar-refractivity contribution in [2.75, 3.05) is 13.6 Å². The SMILES string of the molecule is CCC(CC#N)NC1CCN(C)C(C)C1. The van der Waals surface area contributed by atoms with Gasteiger partial charge < -0.3 is 10.2 Å². The van der Waals surface area contributed by atoms with Crippen molar-refractivity contribution >= 4 is 0 Å². The van der Waals surface area contributed by atoms with Gasteiger partial charge in [-0.15, -0.1) is 0 Å². The molecular weight excluding hydrogens is 186 g/mol. The van der Waals surface area contributed by atoms with Crippen LogP contribution in [0.1, 0.15) is 39.5 Å². The zero-order valence-electron chi connectivity index (χ0n) is 10.2. The van der Waals surface area contributed by atoms with Gasteiger partial charge in [-0.25, -0.2) is 0 Å². The van der Waals surface area contributed by atoms with Crippen LogP contribution in [0.3, 0.4) is 0 Å². The maximum absolute atomic E-state index is 8.69. The Bertz CT molecular complexity index is 221. The summed E-state index contributed by atoms with van der Waals surface area (Å²) in [7, 11) is 2.19. The molecule has 0 spiro atoms. The number of hydrogen-bond donors (Lipinski definition) is 1. The third kappa shape index (κ3) is 3.81. The second-order valence-corrected chi connectivity index (χ2v) is 4.69. The van der Waals surface area contributed by atoms with Crippen molar-refractivity contribution < 1.29 is 0 Å². The minimum absolute atomic E-state index is 0.385. The van der Waals surface area contributed by atoms with Gasteiger partial charge in [-0.2, -0.15) is 5.26 Å². The lowest BCUT2D eigenvalue weighted by Crippen LogP contribution is -2.48. The fourth-order valence-electron chi connectivity index (χ4n) is 2.21. The summed E-state index contributed by atoms with van der Waals surface area (Å²) in [4.78, 5) is 2.41. The molecule has 0 aromatic carbocycles. The van der Waals surface area contributed by atoms with Gasteiger partial charge in [0.2, 0.25) is 0 Å². The fraction of sp³-hybridized carbons (Fsp3) is 0.917. The number of hydrogen-bond acceptors (Lipinski definition) is 3. The Balaban J connectivity index is 2.35. The molecule has 1 aliphatic heterocycles. The predicted octanol–water partition coefficient (Wildman–Crippen LogP) is 1.75. The van der Waals surface area contributed by atoms with Crippen LogP contribution in [0.2, 0.25) is 0 Å². The Morgan fingerprint density at radius 2 is 2.33 bits per heavy atom. The molecule has 3 unspecified atom stereocenters. The smallest absolute Gasteiger partial charge is 0.0638 e. The van der Waals surface area contributed by atoms with Gasteiger partial charge in [-0.05, 0) is 39.8 Å². The molecule has 0 aliphatic carbocycles. The molecule has 0 saturated carbocycles. The topological polar surface area (TPSA) is 39.1 Å². The average Bonchev–Trinajstić information content (AvgIpc) is 2.23. The maximum atomic E-state index is 8.69. The highest BCUT2D eigenvalue weighted by Gasteiger charge is 2.23. The molecule has 1 aliphatic rings. The molecule has 1 rings (SSSR count). The minimum Gasteiger partial charge on any atom is -0.310 e. The van der Waals surface area contributed by atoms with Gasteiger partial charge in [-0.1, -0.05) is 6.92 Å². The van der Waals surface area contributed by atoms with Gasteiger partial charge in [0, 0.05) is 18.1 Å².